The van der Waals surface area contributed by atoms with Gasteiger partial charge in [-0.15, -0.1) is 0 Å². The standard InChI is InChI=1S/C20H19F2N3O5S2/c21-13-1-3-15(22)16(11-13)23-32(28,29)14-2-4-17-18(12-14)31-20(27)25(17)6-5-19(26)24-7-9-30-10-8-24/h1-4,11-12,23H,5-10H2. The lowest BCUT2D eigenvalue weighted by molar-refractivity contribution is -0.135. The zero-order valence-corrected chi connectivity index (χ0v) is 18.3. The Labute approximate surface area is 186 Å². The Balaban J connectivity index is 1.55. The molecule has 0 bridgehead atoms. The number of morpholine rings is 1. The van der Waals surface area contributed by atoms with Gasteiger partial charge >= 0.3 is 4.87 Å². The molecule has 1 fully saturated rings. The van der Waals surface area contributed by atoms with Crippen LogP contribution < -0.4 is 9.60 Å². The molecule has 0 spiro atoms. The molecule has 1 N–H and O–H groups in total. The molecule has 4 rings (SSSR count). The van der Waals surface area contributed by atoms with Crippen LogP contribution in [0, 0.1) is 11.6 Å². The number of sulfonamides is 1. The monoisotopic (exact) mass is 483 g/mol. The number of fused-ring (bicyclic) bond motifs is 1. The highest BCUT2D eigenvalue weighted by Gasteiger charge is 2.20. The third-order valence-electron chi connectivity index (χ3n) is 5.04. The van der Waals surface area contributed by atoms with Crippen LogP contribution in [0.3, 0.4) is 0 Å². The van der Waals surface area contributed by atoms with Crippen molar-refractivity contribution in [1.29, 1.82) is 0 Å². The number of aromatic nitrogens is 1. The van der Waals surface area contributed by atoms with Crippen molar-refractivity contribution in [2.75, 3.05) is 31.0 Å². The molecule has 8 nitrogen and oxygen atoms in total. The van der Waals surface area contributed by atoms with Crippen LogP contribution in [0.2, 0.25) is 0 Å². The fraction of sp³-hybridized carbons (Fsp3) is 0.300. The summed E-state index contributed by atoms with van der Waals surface area (Å²) in [5.74, 6) is -1.79. The van der Waals surface area contributed by atoms with Gasteiger partial charge < -0.3 is 9.64 Å². The second-order valence-corrected chi connectivity index (χ2v) is 9.80. The summed E-state index contributed by atoms with van der Waals surface area (Å²) in [6.07, 6.45) is 0.131. The van der Waals surface area contributed by atoms with Crippen LogP contribution in [0.4, 0.5) is 14.5 Å². The lowest BCUT2D eigenvalue weighted by Gasteiger charge is -2.26. The average molecular weight is 484 g/mol. The number of hydrogen-bond acceptors (Lipinski definition) is 6. The fourth-order valence-electron chi connectivity index (χ4n) is 3.38. The Morgan fingerprint density at radius 3 is 2.62 bits per heavy atom. The van der Waals surface area contributed by atoms with Gasteiger partial charge in [-0.2, -0.15) is 0 Å². The Morgan fingerprint density at radius 1 is 1.12 bits per heavy atom. The van der Waals surface area contributed by atoms with Crippen molar-refractivity contribution in [2.24, 2.45) is 0 Å². The van der Waals surface area contributed by atoms with E-state index in [1.165, 1.54) is 22.8 Å². The van der Waals surface area contributed by atoms with Gasteiger partial charge in [0.25, 0.3) is 10.0 Å². The third kappa shape index (κ3) is 4.66. The number of nitrogens with one attached hydrogen (secondary N) is 1. The van der Waals surface area contributed by atoms with Crippen LogP contribution in [-0.2, 0) is 26.1 Å². The van der Waals surface area contributed by atoms with Crippen molar-refractivity contribution in [1.82, 2.24) is 9.47 Å². The van der Waals surface area contributed by atoms with Crippen LogP contribution in [-0.4, -0.2) is 50.1 Å². The van der Waals surface area contributed by atoms with Gasteiger partial charge in [0.2, 0.25) is 5.91 Å². The number of aryl methyl sites for hydroxylation is 1. The molecule has 3 aromatic rings. The number of nitrogens with zero attached hydrogens (tertiary/aromatic N) is 2. The summed E-state index contributed by atoms with van der Waals surface area (Å²) in [5.41, 5.74) is -0.0249. The second-order valence-electron chi connectivity index (χ2n) is 7.12. The number of carbonyl (C=O) groups is 1. The van der Waals surface area contributed by atoms with E-state index < -0.39 is 27.3 Å². The number of amides is 1. The molecule has 1 aliphatic heterocycles. The number of thiazole rings is 1. The number of anilines is 1. The SMILES string of the molecule is O=C(CCn1c(=O)sc2cc(S(=O)(=O)Nc3cc(F)ccc3F)ccc21)N1CCOCC1. The van der Waals surface area contributed by atoms with E-state index in [0.29, 0.717) is 36.5 Å². The largest absolute Gasteiger partial charge is 0.378 e. The predicted octanol–water partition coefficient (Wildman–Crippen LogP) is 2.39. The molecule has 32 heavy (non-hydrogen) atoms. The van der Waals surface area contributed by atoms with E-state index >= 15 is 0 Å². The van der Waals surface area contributed by atoms with E-state index in [-0.39, 0.29) is 28.6 Å². The van der Waals surface area contributed by atoms with E-state index in [1.54, 1.807) is 4.90 Å². The molecule has 1 amide bonds. The summed E-state index contributed by atoms with van der Waals surface area (Å²) in [5, 5.41) is 0. The van der Waals surface area contributed by atoms with Crippen LogP contribution in [0.1, 0.15) is 6.42 Å². The van der Waals surface area contributed by atoms with Crippen molar-refractivity contribution in [3.8, 4) is 0 Å². The fourth-order valence-corrected chi connectivity index (χ4v) is 5.50. The topological polar surface area (TPSA) is 97.7 Å². The minimum absolute atomic E-state index is 0.0833. The maximum atomic E-state index is 13.8. The molecule has 2 heterocycles. The van der Waals surface area contributed by atoms with Gasteiger partial charge in [-0.25, -0.2) is 17.2 Å². The second kappa shape index (κ2) is 8.96. The predicted molar refractivity (Wildman–Crippen MR) is 115 cm³/mol. The molecule has 0 aliphatic carbocycles. The maximum Gasteiger partial charge on any atom is 0.308 e. The molecule has 12 heteroatoms. The summed E-state index contributed by atoms with van der Waals surface area (Å²) < 4.78 is 61.6. The number of halogens is 2. The highest BCUT2D eigenvalue weighted by molar-refractivity contribution is 7.92. The first kappa shape index (κ1) is 22.4. The van der Waals surface area contributed by atoms with Crippen LogP contribution >= 0.6 is 11.3 Å². The maximum absolute atomic E-state index is 13.8. The number of hydrogen-bond donors (Lipinski definition) is 1. The first-order chi connectivity index (χ1) is 15.2. The highest BCUT2D eigenvalue weighted by atomic mass is 32.2. The quantitative estimate of drug-likeness (QED) is 0.581. The molecule has 1 aromatic heterocycles. The van der Waals surface area contributed by atoms with Crippen molar-refractivity contribution < 1.29 is 26.7 Å². The molecule has 0 saturated carbocycles. The highest BCUT2D eigenvalue weighted by Crippen LogP contribution is 2.25. The Hall–Kier alpha value is -2.83. The average Bonchev–Trinajstić information content (AvgIpc) is 3.09. The summed E-state index contributed by atoms with van der Waals surface area (Å²) in [6.45, 7) is 2.15. The van der Waals surface area contributed by atoms with Crippen molar-refractivity contribution in [3.63, 3.8) is 0 Å². The lowest BCUT2D eigenvalue weighted by Crippen LogP contribution is -2.41. The number of benzene rings is 2. The van der Waals surface area contributed by atoms with Crippen LogP contribution in [0.15, 0.2) is 46.1 Å². The molecule has 2 aromatic carbocycles. The van der Waals surface area contributed by atoms with Crippen LogP contribution in [0.25, 0.3) is 10.2 Å². The minimum Gasteiger partial charge on any atom is -0.378 e. The zero-order valence-electron chi connectivity index (χ0n) is 16.7. The Morgan fingerprint density at radius 2 is 1.88 bits per heavy atom. The number of rotatable bonds is 6. The lowest BCUT2D eigenvalue weighted by atomic mass is 10.3. The molecule has 1 saturated heterocycles. The summed E-state index contributed by atoms with van der Waals surface area (Å²) in [4.78, 5) is 26.0. The smallest absolute Gasteiger partial charge is 0.308 e. The summed E-state index contributed by atoms with van der Waals surface area (Å²) in [7, 11) is -4.22. The molecule has 170 valence electrons. The van der Waals surface area contributed by atoms with Gasteiger partial charge in [0.05, 0.1) is 34.0 Å². The Bertz CT molecular complexity index is 1330. The van der Waals surface area contributed by atoms with Crippen LogP contribution in [0.5, 0.6) is 0 Å². The summed E-state index contributed by atoms with van der Waals surface area (Å²) in [6, 6.07) is 6.47. The van der Waals surface area contributed by atoms with E-state index in [9.17, 15) is 26.8 Å². The molecular formula is C20H19F2N3O5S2. The number of carbonyl (C=O) groups excluding carboxylic acids is 1. The van der Waals surface area contributed by atoms with Gasteiger partial charge in [0.1, 0.15) is 11.6 Å². The van der Waals surface area contributed by atoms with E-state index in [0.717, 1.165) is 29.5 Å². The van der Waals surface area contributed by atoms with Gasteiger partial charge in [-0.1, -0.05) is 11.3 Å². The van der Waals surface area contributed by atoms with E-state index in [4.69, 9.17) is 4.74 Å². The van der Waals surface area contributed by atoms with Gasteiger partial charge in [-0.05, 0) is 30.3 Å². The summed E-state index contributed by atoms with van der Waals surface area (Å²) >= 11 is 0.844. The van der Waals surface area contributed by atoms with Gasteiger partial charge in [0, 0.05) is 32.1 Å². The van der Waals surface area contributed by atoms with Crippen molar-refractivity contribution in [3.05, 3.63) is 57.7 Å². The normalized spacial score (nSPS) is 14.6. The molecular weight excluding hydrogens is 464 g/mol. The molecule has 0 unspecified atom stereocenters. The van der Waals surface area contributed by atoms with Crippen molar-refractivity contribution in [2.45, 2.75) is 17.9 Å². The number of ether oxygens (including phenoxy) is 1. The Kier molecular flexibility index (Phi) is 6.26. The molecule has 0 radical (unpaired) electrons. The van der Waals surface area contributed by atoms with Gasteiger partial charge in [-0.3, -0.25) is 18.9 Å². The molecule has 1 aliphatic rings. The van der Waals surface area contributed by atoms with E-state index in [2.05, 4.69) is 0 Å². The first-order valence-corrected chi connectivity index (χ1v) is 12.0. The third-order valence-corrected chi connectivity index (χ3v) is 7.34. The zero-order chi connectivity index (χ0) is 22.9. The van der Waals surface area contributed by atoms with Crippen molar-refractivity contribution >= 4 is 43.2 Å². The molecule has 0 atom stereocenters. The van der Waals surface area contributed by atoms with E-state index in [1.807, 2.05) is 4.72 Å². The minimum atomic E-state index is -4.22. The first-order valence-electron chi connectivity index (χ1n) is 9.71. The van der Waals surface area contributed by atoms with Gasteiger partial charge in [0.15, 0.2) is 0 Å².